The molecule has 61 heavy (non-hydrogen) atoms. The van der Waals surface area contributed by atoms with Crippen LogP contribution in [0.2, 0.25) is 0 Å². The summed E-state index contributed by atoms with van der Waals surface area (Å²) in [6, 6.07) is 12.5. The number of carbonyl (C=O) groups excluding carboxylic acids is 4. The summed E-state index contributed by atoms with van der Waals surface area (Å²) in [7, 11) is 3.17. The molecule has 2 fully saturated rings. The summed E-state index contributed by atoms with van der Waals surface area (Å²) in [6.07, 6.45) is 3.63. The summed E-state index contributed by atoms with van der Waals surface area (Å²) in [5.41, 5.74) is 8.04. The van der Waals surface area contributed by atoms with Gasteiger partial charge in [0, 0.05) is 61.7 Å². The number of aryl methyl sites for hydroxylation is 1. The molecule has 0 radical (unpaired) electrons. The number of fused-ring (bicyclic) bond motifs is 6. The largest absolute Gasteiger partial charge is 0.508 e. The molecule has 6 bridgehead atoms. The van der Waals surface area contributed by atoms with Crippen LogP contribution in [0.15, 0.2) is 54.7 Å². The predicted molar refractivity (Wildman–Crippen MR) is 231 cm³/mol. The van der Waals surface area contributed by atoms with Crippen LogP contribution in [0.1, 0.15) is 90.2 Å². The Labute approximate surface area is 357 Å². The number of methoxy groups -OCH3 is 1. The Morgan fingerprint density at radius 1 is 1.10 bits per heavy atom. The number of rotatable bonds is 9. The molecule has 326 valence electrons. The van der Waals surface area contributed by atoms with Gasteiger partial charge in [-0.2, -0.15) is 0 Å². The Kier molecular flexibility index (Phi) is 12.4. The highest BCUT2D eigenvalue weighted by molar-refractivity contribution is 5.97. The number of esters is 1. The molecular formula is C47H60N6O8. The van der Waals surface area contributed by atoms with Crippen molar-refractivity contribution in [2.45, 2.75) is 116 Å². The lowest BCUT2D eigenvalue weighted by atomic mass is 9.84. The maximum Gasteiger partial charge on any atom is 0.324 e. The van der Waals surface area contributed by atoms with Crippen molar-refractivity contribution < 1.29 is 38.9 Å². The molecule has 2 aliphatic heterocycles. The van der Waals surface area contributed by atoms with Crippen LogP contribution in [-0.4, -0.2) is 104 Å². The lowest BCUT2D eigenvalue weighted by Gasteiger charge is -2.37. The van der Waals surface area contributed by atoms with E-state index < -0.39 is 52.8 Å². The first-order chi connectivity index (χ1) is 28.9. The van der Waals surface area contributed by atoms with E-state index >= 15 is 0 Å². The third-order valence-corrected chi connectivity index (χ3v) is 12.4. The summed E-state index contributed by atoms with van der Waals surface area (Å²) in [6.45, 7) is 12.9. The number of hydrazine groups is 1. The van der Waals surface area contributed by atoms with E-state index in [0.717, 1.165) is 44.5 Å². The third-order valence-electron chi connectivity index (χ3n) is 12.4. The molecular weight excluding hydrogens is 777 g/mol. The summed E-state index contributed by atoms with van der Waals surface area (Å²) in [5.74, 6) is -2.42. The summed E-state index contributed by atoms with van der Waals surface area (Å²) in [5, 5.41) is 27.2. The number of hydrogen-bond acceptors (Lipinski definition) is 10. The van der Waals surface area contributed by atoms with E-state index in [0.29, 0.717) is 44.2 Å². The number of aromatic hydroxyl groups is 1. The highest BCUT2D eigenvalue weighted by Crippen LogP contribution is 2.42. The fourth-order valence-electron chi connectivity index (χ4n) is 9.04. The maximum atomic E-state index is 14.5. The Morgan fingerprint density at radius 3 is 2.54 bits per heavy atom. The number of phenols is 1. The van der Waals surface area contributed by atoms with E-state index in [1.165, 1.54) is 17.0 Å². The number of pyridine rings is 1. The van der Waals surface area contributed by atoms with E-state index in [1.807, 2.05) is 25.1 Å². The smallest absolute Gasteiger partial charge is 0.324 e. The van der Waals surface area contributed by atoms with Crippen LogP contribution >= 0.6 is 0 Å². The number of ether oxygens (including phenoxy) is 2. The van der Waals surface area contributed by atoms with Gasteiger partial charge in [0.05, 0.1) is 24.1 Å². The zero-order chi connectivity index (χ0) is 44.0. The number of likely N-dealkylation sites (N-methyl/N-ethyl adjacent to an activating group) is 1. The molecule has 1 aliphatic carbocycles. The number of benzene rings is 2. The van der Waals surface area contributed by atoms with Crippen molar-refractivity contribution in [3.05, 3.63) is 71.5 Å². The van der Waals surface area contributed by atoms with Gasteiger partial charge in [0.15, 0.2) is 0 Å². The Balaban J connectivity index is 1.36. The fraction of sp³-hybridized carbons (Fsp3) is 0.511. The highest BCUT2D eigenvalue weighted by atomic mass is 16.5. The topological polar surface area (TPSA) is 176 Å². The van der Waals surface area contributed by atoms with E-state index in [2.05, 4.69) is 54.3 Å². The summed E-state index contributed by atoms with van der Waals surface area (Å²) >= 11 is 0. The van der Waals surface area contributed by atoms with Crippen molar-refractivity contribution in [3.63, 3.8) is 0 Å². The molecule has 4 N–H and O–H groups in total. The first-order valence-corrected chi connectivity index (χ1v) is 21.5. The molecule has 14 heteroatoms. The van der Waals surface area contributed by atoms with E-state index in [-0.39, 0.29) is 37.3 Å². The Hall–Kier alpha value is -5.31. The molecule has 3 amide bonds. The van der Waals surface area contributed by atoms with Gasteiger partial charge in [-0.3, -0.25) is 29.2 Å². The molecule has 1 saturated heterocycles. The molecule has 1 unspecified atom stereocenters. The minimum Gasteiger partial charge on any atom is -0.508 e. The molecule has 2 aromatic carbocycles. The number of nitrogens with one attached hydrogen (secondary N) is 2. The second-order valence-corrected chi connectivity index (χ2v) is 18.2. The normalized spacial score (nSPS) is 21.0. The van der Waals surface area contributed by atoms with Crippen LogP contribution < -0.4 is 10.7 Å². The first-order valence-electron chi connectivity index (χ1n) is 21.5. The van der Waals surface area contributed by atoms with Crippen molar-refractivity contribution in [2.75, 3.05) is 27.3 Å². The molecule has 4 aromatic rings. The van der Waals surface area contributed by atoms with Crippen molar-refractivity contribution in [3.8, 4) is 28.1 Å². The van der Waals surface area contributed by atoms with Gasteiger partial charge in [0.2, 0.25) is 5.91 Å². The average Bonchev–Trinajstić information content (AvgIpc) is 3.92. The third kappa shape index (κ3) is 8.89. The van der Waals surface area contributed by atoms with Gasteiger partial charge >= 0.3 is 5.97 Å². The molecule has 4 atom stereocenters. The lowest BCUT2D eigenvalue weighted by molar-refractivity contribution is -0.155. The Morgan fingerprint density at radius 2 is 1.85 bits per heavy atom. The molecule has 3 aliphatic rings. The van der Waals surface area contributed by atoms with Crippen molar-refractivity contribution in [1.29, 1.82) is 0 Å². The molecule has 1 saturated carbocycles. The van der Waals surface area contributed by atoms with Crippen molar-refractivity contribution in [1.82, 2.24) is 30.2 Å². The number of aliphatic hydroxyl groups is 1. The molecule has 14 nitrogen and oxygen atoms in total. The number of aromatic nitrogens is 2. The second-order valence-electron chi connectivity index (χ2n) is 18.2. The first kappa shape index (κ1) is 43.8. The van der Waals surface area contributed by atoms with Crippen LogP contribution in [-0.2, 0) is 48.0 Å². The summed E-state index contributed by atoms with van der Waals surface area (Å²) < 4.78 is 14.2. The van der Waals surface area contributed by atoms with E-state index in [1.54, 1.807) is 39.3 Å². The number of phenolic OH excluding ortho intramolecular Hbond substituents is 1. The van der Waals surface area contributed by atoms with Gasteiger partial charge in [-0.25, -0.2) is 5.43 Å². The number of hydrogen-bond donors (Lipinski definition) is 4. The predicted octanol–water partition coefficient (Wildman–Crippen LogP) is 5.46. The number of cyclic esters (lactones) is 1. The van der Waals surface area contributed by atoms with Gasteiger partial charge in [-0.1, -0.05) is 39.8 Å². The maximum absolute atomic E-state index is 14.5. The minimum absolute atomic E-state index is 0.00874. The molecule has 4 heterocycles. The van der Waals surface area contributed by atoms with Crippen molar-refractivity contribution >= 4 is 34.6 Å². The average molecular weight is 837 g/mol. The van der Waals surface area contributed by atoms with Gasteiger partial charge in [-0.15, -0.1) is 0 Å². The van der Waals surface area contributed by atoms with Gasteiger partial charge in [-0.05, 0) is 111 Å². The second kappa shape index (κ2) is 17.2. The zero-order valence-corrected chi connectivity index (χ0v) is 36.6. The molecule has 2 aromatic heterocycles. The monoisotopic (exact) mass is 836 g/mol. The fourth-order valence-corrected chi connectivity index (χ4v) is 9.04. The number of nitrogens with zero attached hydrogens (tertiary/aromatic N) is 4. The standard InChI is InChI=1S/C47H60N6O8/c1-9-52-38-15-14-30-24-34(38)35(41(52)33-12-10-18-48-39(33)28(4)60-8)25-46(5,6)26-61-44(57)36-13-11-19-53(50-36)43(56)37(22-29-20-31(30)23-32(54)21-29)49-42(55)40(27(2)3)51(7)45(58)47(59)16-17-47/h10,12,14-15,18,20-21,23-24,27-28,36-37,40,50,54,59H,9,11,13,16-17,19,22,25-26H2,1-8H3,(H,49,55)/t28-,36-,37-,40?/m0/s1. The highest BCUT2D eigenvalue weighted by Gasteiger charge is 2.51. The minimum atomic E-state index is -1.48. The molecule has 7 rings (SSSR count). The quantitative estimate of drug-likeness (QED) is 0.159. The SMILES string of the molecule is CCn1c(-c2cccnc2[C@H](C)OC)c2c3cc(ccc31)-c1cc(O)cc(c1)C[C@H](NC(=O)C(C(C)C)N(C)C(=O)C1(O)CC1)C(=O)N1CCC[C@H](N1)C(=O)OCC(C)(C)C2. The van der Waals surface area contributed by atoms with Crippen molar-refractivity contribution in [2.24, 2.45) is 11.3 Å². The Bertz CT molecular complexity index is 2330. The van der Waals surface area contributed by atoms with Crippen LogP contribution in [0, 0.1) is 11.3 Å². The summed E-state index contributed by atoms with van der Waals surface area (Å²) in [4.78, 5) is 61.9. The van der Waals surface area contributed by atoms with Crippen LogP contribution in [0.5, 0.6) is 5.75 Å². The number of carbonyl (C=O) groups is 4. The van der Waals surface area contributed by atoms with E-state index in [4.69, 9.17) is 14.5 Å². The zero-order valence-electron chi connectivity index (χ0n) is 36.6. The van der Waals surface area contributed by atoms with Gasteiger partial charge < -0.3 is 34.5 Å². The lowest BCUT2D eigenvalue weighted by Crippen LogP contribution is -2.62. The molecule has 0 spiro atoms. The van der Waals surface area contributed by atoms with Gasteiger partial charge in [0.25, 0.3) is 11.8 Å². The van der Waals surface area contributed by atoms with Crippen LogP contribution in [0.25, 0.3) is 33.3 Å². The number of amides is 3. The van der Waals surface area contributed by atoms with Crippen LogP contribution in [0.3, 0.4) is 0 Å². The van der Waals surface area contributed by atoms with Crippen LogP contribution in [0.4, 0.5) is 0 Å². The van der Waals surface area contributed by atoms with Gasteiger partial charge in [0.1, 0.15) is 29.5 Å². The van der Waals surface area contributed by atoms with E-state index in [9.17, 15) is 29.4 Å².